The van der Waals surface area contributed by atoms with Gasteiger partial charge in [0.1, 0.15) is 5.60 Å². The smallest absolute Gasteiger partial charge is 0.339 e. The molecule has 0 saturated carbocycles. The van der Waals surface area contributed by atoms with E-state index >= 15 is 0 Å². The molecule has 0 fully saturated rings. The minimum Gasteiger partial charge on any atom is -0.462 e. The Morgan fingerprint density at radius 3 is 2.32 bits per heavy atom. The van der Waals surface area contributed by atoms with Crippen LogP contribution in [0.25, 0.3) is 0 Å². The van der Waals surface area contributed by atoms with E-state index in [1.165, 1.54) is 12.3 Å². The van der Waals surface area contributed by atoms with Gasteiger partial charge in [0.25, 0.3) is 0 Å². The molecule has 0 bridgehead atoms. The molecule has 1 aromatic heterocycles. The summed E-state index contributed by atoms with van der Waals surface area (Å²) in [5.74, 6) is -0.593. The molecule has 0 unspecified atom stereocenters. The summed E-state index contributed by atoms with van der Waals surface area (Å²) in [5.41, 5.74) is 0.498. The van der Waals surface area contributed by atoms with E-state index in [1.807, 2.05) is 0 Å². The van der Waals surface area contributed by atoms with E-state index in [4.69, 9.17) is 32.7 Å². The van der Waals surface area contributed by atoms with Gasteiger partial charge in [-0.3, -0.25) is 0 Å². The quantitative estimate of drug-likeness (QED) is 0.607. The fraction of sp³-hybridized carbons (Fsp3) is 0.350. The molecule has 8 heteroatoms. The number of pyridine rings is 1. The Bertz CT molecular complexity index is 894. The van der Waals surface area contributed by atoms with Gasteiger partial charge in [-0.1, -0.05) is 23.2 Å². The molecule has 1 heterocycles. The molecule has 2 rings (SSSR count). The van der Waals surface area contributed by atoms with E-state index in [1.54, 1.807) is 57.8 Å². The summed E-state index contributed by atoms with van der Waals surface area (Å²) in [6.45, 7) is 7.36. The van der Waals surface area contributed by atoms with E-state index in [9.17, 15) is 9.59 Å². The van der Waals surface area contributed by atoms with Gasteiger partial charge in [-0.25, -0.2) is 14.6 Å². The van der Waals surface area contributed by atoms with Gasteiger partial charge in [-0.2, -0.15) is 0 Å². The average Bonchev–Trinajstić information content (AvgIpc) is 2.60. The van der Waals surface area contributed by atoms with Crippen LogP contribution >= 0.6 is 23.2 Å². The summed E-state index contributed by atoms with van der Waals surface area (Å²) < 4.78 is 10.3. The molecule has 0 aliphatic carbocycles. The Labute approximate surface area is 174 Å². The van der Waals surface area contributed by atoms with Gasteiger partial charge in [0.05, 0.1) is 33.5 Å². The second-order valence-corrected chi connectivity index (χ2v) is 7.79. The van der Waals surface area contributed by atoms with Crippen molar-refractivity contribution in [2.24, 2.45) is 0 Å². The highest BCUT2D eigenvalue weighted by Gasteiger charge is 2.21. The third-order valence-electron chi connectivity index (χ3n) is 3.59. The normalized spacial score (nSPS) is 11.1. The molecule has 0 spiro atoms. The Balaban J connectivity index is 2.36. The van der Waals surface area contributed by atoms with E-state index in [-0.39, 0.29) is 17.2 Å². The first-order chi connectivity index (χ1) is 13.0. The molecule has 0 saturated heterocycles. The number of hydrogen-bond donors (Lipinski definition) is 0. The predicted octanol–water partition coefficient (Wildman–Crippen LogP) is 5.29. The number of hydrogen-bond acceptors (Lipinski definition) is 6. The number of ether oxygens (including phenoxy) is 2. The predicted molar refractivity (Wildman–Crippen MR) is 110 cm³/mol. The number of rotatable bonds is 5. The summed E-state index contributed by atoms with van der Waals surface area (Å²) in [7, 11) is 1.71. The molecule has 0 aliphatic rings. The van der Waals surface area contributed by atoms with Gasteiger partial charge < -0.3 is 14.4 Å². The molecule has 1 aromatic carbocycles. The molecule has 0 radical (unpaired) electrons. The van der Waals surface area contributed by atoms with Crippen LogP contribution in [-0.2, 0) is 9.47 Å². The van der Waals surface area contributed by atoms with E-state index in [0.717, 1.165) is 0 Å². The number of nitrogens with zero attached hydrogens (tertiary/aromatic N) is 2. The lowest BCUT2D eigenvalue weighted by molar-refractivity contribution is 0.00693. The van der Waals surface area contributed by atoms with Gasteiger partial charge in [0, 0.05) is 13.2 Å². The molecule has 0 atom stereocenters. The van der Waals surface area contributed by atoms with Crippen LogP contribution in [0.1, 0.15) is 48.4 Å². The number of benzene rings is 1. The molecule has 0 N–H and O–H groups in total. The summed E-state index contributed by atoms with van der Waals surface area (Å²) in [5, 5.41) is 0.647. The van der Waals surface area contributed by atoms with Gasteiger partial charge in [-0.05, 0) is 52.0 Å². The fourth-order valence-corrected chi connectivity index (χ4v) is 2.89. The molecule has 0 aliphatic heterocycles. The van der Waals surface area contributed by atoms with Crippen LogP contribution in [0, 0.1) is 0 Å². The van der Waals surface area contributed by atoms with Crippen molar-refractivity contribution in [3.05, 3.63) is 51.6 Å². The Morgan fingerprint density at radius 1 is 1.07 bits per heavy atom. The zero-order valence-corrected chi connectivity index (χ0v) is 17.9. The lowest BCUT2D eigenvalue weighted by Crippen LogP contribution is -2.24. The molecule has 28 heavy (non-hydrogen) atoms. The van der Waals surface area contributed by atoms with E-state index in [2.05, 4.69) is 4.98 Å². The van der Waals surface area contributed by atoms with Crippen LogP contribution in [0.5, 0.6) is 0 Å². The van der Waals surface area contributed by atoms with Crippen molar-refractivity contribution in [3.8, 4) is 0 Å². The molecular weight excluding hydrogens is 403 g/mol. The van der Waals surface area contributed by atoms with E-state index < -0.39 is 17.5 Å². The minimum absolute atomic E-state index is 0.242. The maximum absolute atomic E-state index is 12.4. The summed E-state index contributed by atoms with van der Waals surface area (Å²) >= 11 is 12.6. The van der Waals surface area contributed by atoms with Crippen molar-refractivity contribution in [3.63, 3.8) is 0 Å². The highest BCUT2D eigenvalue weighted by atomic mass is 35.5. The van der Waals surface area contributed by atoms with Crippen LogP contribution in [0.4, 0.5) is 11.5 Å². The van der Waals surface area contributed by atoms with Crippen LogP contribution in [0.3, 0.4) is 0 Å². The maximum Gasteiger partial charge on any atom is 0.339 e. The zero-order valence-electron chi connectivity index (χ0n) is 16.4. The first-order valence-electron chi connectivity index (χ1n) is 8.62. The second kappa shape index (κ2) is 8.80. The topological polar surface area (TPSA) is 68.7 Å². The van der Waals surface area contributed by atoms with Crippen LogP contribution in [0.15, 0.2) is 30.5 Å². The summed E-state index contributed by atoms with van der Waals surface area (Å²) in [4.78, 5) is 30.1. The number of aromatic nitrogens is 1. The second-order valence-electron chi connectivity index (χ2n) is 6.98. The SMILES string of the molecule is CCOC(=O)c1cnc(N(C)c2cc(C(=O)OC(C)(C)C)ccc2Cl)c(Cl)c1. The third kappa shape index (κ3) is 5.36. The minimum atomic E-state index is -0.615. The van der Waals surface area contributed by atoms with Gasteiger partial charge in [0.15, 0.2) is 5.82 Å². The Hall–Kier alpha value is -2.31. The monoisotopic (exact) mass is 424 g/mol. The molecule has 0 amide bonds. The molecular formula is C20H22Cl2N2O4. The van der Waals surface area contributed by atoms with Crippen LogP contribution in [0.2, 0.25) is 10.0 Å². The van der Waals surface area contributed by atoms with Crippen molar-refractivity contribution in [1.82, 2.24) is 4.98 Å². The van der Waals surface area contributed by atoms with Crippen LogP contribution < -0.4 is 4.90 Å². The van der Waals surface area contributed by atoms with Crippen molar-refractivity contribution in [2.75, 3.05) is 18.6 Å². The lowest BCUT2D eigenvalue weighted by Gasteiger charge is -2.23. The first kappa shape index (κ1) is 22.0. The summed E-state index contributed by atoms with van der Waals surface area (Å²) in [6.07, 6.45) is 1.38. The maximum atomic E-state index is 12.4. The van der Waals surface area contributed by atoms with Crippen molar-refractivity contribution < 1.29 is 19.1 Å². The number of halogens is 2. The van der Waals surface area contributed by atoms with Gasteiger partial charge >= 0.3 is 11.9 Å². The number of carbonyl (C=O) groups excluding carboxylic acids is 2. The highest BCUT2D eigenvalue weighted by Crippen LogP contribution is 2.34. The summed E-state index contributed by atoms with van der Waals surface area (Å²) in [6, 6.07) is 6.28. The zero-order chi connectivity index (χ0) is 21.1. The van der Waals surface area contributed by atoms with Crippen LogP contribution in [-0.4, -0.2) is 36.2 Å². The lowest BCUT2D eigenvalue weighted by atomic mass is 10.1. The van der Waals surface area contributed by atoms with Crippen molar-refractivity contribution >= 4 is 46.6 Å². The third-order valence-corrected chi connectivity index (χ3v) is 4.19. The molecule has 6 nitrogen and oxygen atoms in total. The first-order valence-corrected chi connectivity index (χ1v) is 9.38. The van der Waals surface area contributed by atoms with E-state index in [0.29, 0.717) is 22.1 Å². The number of anilines is 2. The number of esters is 2. The largest absolute Gasteiger partial charge is 0.462 e. The molecule has 150 valence electrons. The standard InChI is InChI=1S/C20H22Cl2N2O4/c1-6-27-18(25)13-9-15(22)17(23-11-13)24(5)16-10-12(7-8-14(16)21)19(26)28-20(2,3)4/h7-11H,6H2,1-5H3. The number of carbonyl (C=O) groups is 2. The van der Waals surface area contributed by atoms with Crippen molar-refractivity contribution in [1.29, 1.82) is 0 Å². The average molecular weight is 425 g/mol. The Kier molecular flexibility index (Phi) is 6.91. The Morgan fingerprint density at radius 2 is 1.75 bits per heavy atom. The van der Waals surface area contributed by atoms with Crippen molar-refractivity contribution in [2.45, 2.75) is 33.3 Å². The highest BCUT2D eigenvalue weighted by molar-refractivity contribution is 6.35. The molecule has 2 aromatic rings. The fourth-order valence-electron chi connectivity index (χ4n) is 2.35. The van der Waals surface area contributed by atoms with Gasteiger partial charge in [-0.15, -0.1) is 0 Å². The van der Waals surface area contributed by atoms with Gasteiger partial charge in [0.2, 0.25) is 0 Å².